The molecule has 2 aromatic rings. The molecule has 1 saturated heterocycles. The molecule has 0 spiro atoms. The van der Waals surface area contributed by atoms with E-state index in [-0.39, 0.29) is 12.6 Å². The fraction of sp³-hybridized carbons (Fsp3) is 0.286. The summed E-state index contributed by atoms with van der Waals surface area (Å²) in [5, 5.41) is 5.95. The molecule has 4 N–H and O–H groups in total. The van der Waals surface area contributed by atoms with Crippen molar-refractivity contribution in [2.24, 2.45) is 0 Å². The number of amides is 4. The quantitative estimate of drug-likeness (QED) is 0.602. The monoisotopic (exact) mass is 415 g/mol. The number of urea groups is 1. The molecule has 1 aliphatic heterocycles. The van der Waals surface area contributed by atoms with E-state index in [2.05, 4.69) is 10.7 Å². The molecule has 0 radical (unpaired) electrons. The smallest absolute Gasteiger partial charge is 0.332 e. The van der Waals surface area contributed by atoms with E-state index < -0.39 is 23.4 Å². The number of hydrogen-bond donors (Lipinski definition) is 3. The Bertz CT molecular complexity index is 921. The van der Waals surface area contributed by atoms with Crippen molar-refractivity contribution in [1.82, 2.24) is 15.8 Å². The number of carbonyl (C=O) groups is 3. The van der Waals surface area contributed by atoms with Crippen LogP contribution in [0.2, 0.25) is 5.02 Å². The van der Waals surface area contributed by atoms with Crippen molar-refractivity contribution in [3.8, 4) is 0 Å². The van der Waals surface area contributed by atoms with Crippen LogP contribution in [-0.2, 0) is 15.1 Å². The summed E-state index contributed by atoms with van der Waals surface area (Å²) in [5.74, 6) is -0.935. The van der Waals surface area contributed by atoms with Gasteiger partial charge >= 0.3 is 6.03 Å². The molecule has 0 bridgehead atoms. The van der Waals surface area contributed by atoms with Gasteiger partial charge in [-0.25, -0.2) is 4.79 Å². The molecule has 29 heavy (non-hydrogen) atoms. The van der Waals surface area contributed by atoms with E-state index in [1.54, 1.807) is 30.3 Å². The Labute approximate surface area is 174 Å². The van der Waals surface area contributed by atoms with E-state index in [4.69, 9.17) is 11.6 Å². The minimum absolute atomic E-state index is 0.0124. The fourth-order valence-electron chi connectivity index (χ4n) is 3.42. The number of quaternary nitrogens is 1. The van der Waals surface area contributed by atoms with Crippen molar-refractivity contribution < 1.29 is 19.7 Å². The second-order valence-electron chi connectivity index (χ2n) is 7.01. The first kappa shape index (κ1) is 20.8. The van der Waals surface area contributed by atoms with Crippen molar-refractivity contribution in [1.29, 1.82) is 0 Å². The van der Waals surface area contributed by atoms with Crippen LogP contribution in [0.4, 0.5) is 4.79 Å². The number of imide groups is 1. The summed E-state index contributed by atoms with van der Waals surface area (Å²) in [6.45, 7) is 3.82. The normalized spacial score (nSPS) is 19.8. The number of hydrazine groups is 1. The summed E-state index contributed by atoms with van der Waals surface area (Å²) in [4.78, 5) is 37.8. The van der Waals surface area contributed by atoms with Gasteiger partial charge in [-0.1, -0.05) is 61.0 Å². The van der Waals surface area contributed by atoms with Gasteiger partial charge in [0, 0.05) is 10.6 Å². The van der Waals surface area contributed by atoms with Gasteiger partial charge in [0.05, 0.1) is 0 Å². The fourth-order valence-corrected chi connectivity index (χ4v) is 3.62. The summed E-state index contributed by atoms with van der Waals surface area (Å²) in [7, 11) is 0. The average Bonchev–Trinajstić information content (AvgIpc) is 2.97. The van der Waals surface area contributed by atoms with Crippen LogP contribution >= 0.6 is 11.6 Å². The van der Waals surface area contributed by atoms with E-state index in [1.807, 2.05) is 43.4 Å². The van der Waals surface area contributed by atoms with Crippen molar-refractivity contribution in [2.45, 2.75) is 31.8 Å². The van der Waals surface area contributed by atoms with Gasteiger partial charge in [0.25, 0.3) is 11.8 Å². The molecule has 0 aliphatic carbocycles. The van der Waals surface area contributed by atoms with Gasteiger partial charge < -0.3 is 10.6 Å². The number of carbonyl (C=O) groups excluding carboxylic acids is 3. The molecule has 152 valence electrons. The SMILES string of the molecule is CC[C@]1(c2ccccc2)NC(=O)N(NC(=O)C[NH2+][C@@H](C)c2cccc(Cl)c2)C1=O. The van der Waals surface area contributed by atoms with Crippen molar-refractivity contribution in [2.75, 3.05) is 6.54 Å². The number of nitrogens with zero attached hydrogens (tertiary/aromatic N) is 1. The highest BCUT2D eigenvalue weighted by Gasteiger charge is 2.52. The van der Waals surface area contributed by atoms with Gasteiger partial charge in [-0.2, -0.15) is 5.01 Å². The first-order chi connectivity index (χ1) is 13.9. The molecule has 1 aliphatic rings. The summed E-state index contributed by atoms with van der Waals surface area (Å²) in [6, 6.07) is 15.8. The molecular weight excluding hydrogens is 392 g/mol. The number of rotatable bonds is 7. The molecular formula is C21H24ClN4O3+. The predicted molar refractivity (Wildman–Crippen MR) is 109 cm³/mol. The number of halogens is 1. The molecule has 0 saturated carbocycles. The number of benzene rings is 2. The van der Waals surface area contributed by atoms with Crippen LogP contribution in [0.15, 0.2) is 54.6 Å². The molecule has 2 aromatic carbocycles. The van der Waals surface area contributed by atoms with Crippen LogP contribution in [-0.4, -0.2) is 29.4 Å². The number of nitrogens with two attached hydrogens (primary N) is 1. The Morgan fingerprint density at radius 3 is 2.59 bits per heavy atom. The Morgan fingerprint density at radius 2 is 1.93 bits per heavy atom. The number of hydrogen-bond acceptors (Lipinski definition) is 3. The lowest BCUT2D eigenvalue weighted by atomic mass is 9.87. The highest BCUT2D eigenvalue weighted by molar-refractivity contribution is 6.30. The third-order valence-corrected chi connectivity index (χ3v) is 5.39. The second kappa shape index (κ2) is 8.63. The van der Waals surface area contributed by atoms with Gasteiger partial charge in [0.1, 0.15) is 11.6 Å². The lowest BCUT2D eigenvalue weighted by Gasteiger charge is -2.25. The van der Waals surface area contributed by atoms with Crippen LogP contribution < -0.4 is 16.1 Å². The maximum Gasteiger partial charge on any atom is 0.344 e. The number of nitrogens with one attached hydrogen (secondary N) is 2. The first-order valence-corrected chi connectivity index (χ1v) is 9.85. The Morgan fingerprint density at radius 1 is 1.21 bits per heavy atom. The van der Waals surface area contributed by atoms with Gasteiger partial charge in [0.15, 0.2) is 6.54 Å². The summed E-state index contributed by atoms with van der Waals surface area (Å²) in [5.41, 5.74) is 2.91. The highest BCUT2D eigenvalue weighted by atomic mass is 35.5. The summed E-state index contributed by atoms with van der Waals surface area (Å²) >= 11 is 6.01. The second-order valence-corrected chi connectivity index (χ2v) is 7.45. The maximum atomic E-state index is 13.0. The van der Waals surface area contributed by atoms with Gasteiger partial charge in [-0.3, -0.25) is 15.0 Å². The van der Waals surface area contributed by atoms with Crippen LogP contribution in [0.1, 0.15) is 37.4 Å². The standard InChI is InChI=1S/C21H23ClN4O3/c1-3-21(16-9-5-4-6-10-16)19(28)26(20(29)24-21)25-18(27)13-23-14(2)15-8-7-11-17(22)12-15/h4-12,14,23H,3,13H2,1-2H3,(H,24,29)(H,25,27)/p+1/t14-,21+/m0/s1. The Balaban J connectivity index is 1.64. The van der Waals surface area contributed by atoms with Gasteiger partial charge in [-0.05, 0) is 31.0 Å². The minimum Gasteiger partial charge on any atom is -0.332 e. The van der Waals surface area contributed by atoms with Crippen molar-refractivity contribution >= 4 is 29.4 Å². The maximum absolute atomic E-state index is 13.0. The molecule has 1 heterocycles. The minimum atomic E-state index is -1.18. The van der Waals surface area contributed by atoms with Gasteiger partial charge in [0.2, 0.25) is 0 Å². The Hall–Kier alpha value is -2.90. The van der Waals surface area contributed by atoms with Crippen LogP contribution in [0.3, 0.4) is 0 Å². The molecule has 4 amide bonds. The zero-order valence-corrected chi connectivity index (χ0v) is 17.1. The lowest BCUT2D eigenvalue weighted by Crippen LogP contribution is -2.87. The molecule has 0 unspecified atom stereocenters. The first-order valence-electron chi connectivity index (χ1n) is 9.48. The van der Waals surface area contributed by atoms with E-state index in [0.717, 1.165) is 10.6 Å². The van der Waals surface area contributed by atoms with Crippen LogP contribution in [0.25, 0.3) is 0 Å². The predicted octanol–water partition coefficient (Wildman–Crippen LogP) is 1.85. The third kappa shape index (κ3) is 4.26. The third-order valence-electron chi connectivity index (χ3n) is 5.16. The molecule has 0 aromatic heterocycles. The van der Waals surface area contributed by atoms with E-state index in [1.165, 1.54) is 0 Å². The largest absolute Gasteiger partial charge is 0.344 e. The average molecular weight is 416 g/mol. The summed E-state index contributed by atoms with van der Waals surface area (Å²) in [6.07, 6.45) is 0.367. The zero-order valence-electron chi connectivity index (χ0n) is 16.3. The molecule has 3 rings (SSSR count). The van der Waals surface area contributed by atoms with Crippen LogP contribution in [0.5, 0.6) is 0 Å². The highest BCUT2D eigenvalue weighted by Crippen LogP contribution is 2.31. The molecule has 8 heteroatoms. The molecule has 2 atom stereocenters. The molecule has 7 nitrogen and oxygen atoms in total. The zero-order chi connectivity index (χ0) is 21.0. The van der Waals surface area contributed by atoms with Crippen molar-refractivity contribution in [3.05, 3.63) is 70.7 Å². The lowest BCUT2D eigenvalue weighted by molar-refractivity contribution is -0.682. The topological polar surface area (TPSA) is 95.1 Å². The molecule has 1 fully saturated rings. The van der Waals surface area contributed by atoms with Crippen molar-refractivity contribution in [3.63, 3.8) is 0 Å². The summed E-state index contributed by atoms with van der Waals surface area (Å²) < 4.78 is 0. The van der Waals surface area contributed by atoms with E-state index >= 15 is 0 Å². The Kier molecular flexibility index (Phi) is 6.20. The van der Waals surface area contributed by atoms with Gasteiger partial charge in [-0.15, -0.1) is 0 Å². The van der Waals surface area contributed by atoms with Crippen LogP contribution in [0, 0.1) is 0 Å². The van der Waals surface area contributed by atoms with E-state index in [0.29, 0.717) is 17.0 Å². The van der Waals surface area contributed by atoms with E-state index in [9.17, 15) is 14.4 Å².